The molecule has 0 saturated carbocycles. The normalized spacial score (nSPS) is 14.8. The fraction of sp³-hybridized carbons (Fsp3) is 0.455. The van der Waals surface area contributed by atoms with Crippen molar-refractivity contribution in [2.45, 2.75) is 39.5 Å². The number of pyridine rings is 1. The van der Waals surface area contributed by atoms with Crippen LogP contribution < -0.4 is 15.5 Å². The molecule has 5 heteroatoms. The molecular formula is C22H30N4O. The molecule has 1 aliphatic heterocycles. The van der Waals surface area contributed by atoms with Gasteiger partial charge in [0.05, 0.1) is 11.9 Å². The number of carbonyl (C=O) groups excluding carboxylic acids is 1. The first-order valence-corrected chi connectivity index (χ1v) is 10.0. The highest BCUT2D eigenvalue weighted by Gasteiger charge is 2.15. The predicted molar refractivity (Wildman–Crippen MR) is 112 cm³/mol. The number of amides is 1. The number of aromatic nitrogens is 1. The van der Waals surface area contributed by atoms with E-state index in [1.54, 1.807) is 12.3 Å². The van der Waals surface area contributed by atoms with Gasteiger partial charge in [-0.25, -0.2) is 4.98 Å². The van der Waals surface area contributed by atoms with Crippen molar-refractivity contribution in [3.05, 3.63) is 48.3 Å². The van der Waals surface area contributed by atoms with Crippen LogP contribution in [-0.4, -0.2) is 30.5 Å². The molecule has 0 aliphatic carbocycles. The number of hydrogen-bond donors (Lipinski definition) is 2. The third kappa shape index (κ3) is 5.46. The van der Waals surface area contributed by atoms with E-state index in [1.807, 2.05) is 6.07 Å². The van der Waals surface area contributed by atoms with E-state index in [9.17, 15) is 4.79 Å². The Morgan fingerprint density at radius 3 is 2.44 bits per heavy atom. The average Bonchev–Trinajstić information content (AvgIpc) is 2.70. The van der Waals surface area contributed by atoms with Gasteiger partial charge in [0, 0.05) is 31.0 Å². The Labute approximate surface area is 162 Å². The first-order chi connectivity index (χ1) is 13.2. The molecule has 0 spiro atoms. The summed E-state index contributed by atoms with van der Waals surface area (Å²) in [6.45, 7) is 7.40. The number of rotatable bonds is 7. The molecule has 2 aromatic rings. The number of piperidine rings is 1. The predicted octanol–water partition coefficient (Wildman–Crippen LogP) is 4.59. The van der Waals surface area contributed by atoms with Crippen LogP contribution in [0.4, 0.5) is 17.1 Å². The second-order valence-corrected chi connectivity index (χ2v) is 7.38. The van der Waals surface area contributed by atoms with Crippen molar-refractivity contribution in [2.75, 3.05) is 29.9 Å². The van der Waals surface area contributed by atoms with Crippen molar-refractivity contribution >= 4 is 23.0 Å². The number of hydrogen-bond acceptors (Lipinski definition) is 4. The van der Waals surface area contributed by atoms with Crippen molar-refractivity contribution in [1.82, 2.24) is 10.3 Å². The maximum absolute atomic E-state index is 12.0. The van der Waals surface area contributed by atoms with Crippen molar-refractivity contribution < 1.29 is 4.79 Å². The molecule has 2 N–H and O–H groups in total. The molecule has 0 radical (unpaired) electrons. The van der Waals surface area contributed by atoms with Crippen molar-refractivity contribution in [3.63, 3.8) is 0 Å². The SMILES string of the molecule is CCCCNC(=O)c1ccc(Nc2ccc(N3CCC(C)CC3)cc2)cn1. The summed E-state index contributed by atoms with van der Waals surface area (Å²) in [4.78, 5) is 18.7. The molecule has 5 nitrogen and oxygen atoms in total. The zero-order valence-electron chi connectivity index (χ0n) is 16.4. The molecule has 2 heterocycles. The first kappa shape index (κ1) is 19.2. The van der Waals surface area contributed by atoms with E-state index in [-0.39, 0.29) is 5.91 Å². The second-order valence-electron chi connectivity index (χ2n) is 7.38. The highest BCUT2D eigenvalue weighted by atomic mass is 16.1. The van der Waals surface area contributed by atoms with Crippen LogP contribution in [0.25, 0.3) is 0 Å². The summed E-state index contributed by atoms with van der Waals surface area (Å²) in [5, 5.41) is 6.23. The van der Waals surface area contributed by atoms with Crippen LogP contribution in [0.2, 0.25) is 0 Å². The Bertz CT molecular complexity index is 719. The topological polar surface area (TPSA) is 57.3 Å². The number of nitrogens with zero attached hydrogens (tertiary/aromatic N) is 2. The molecule has 1 fully saturated rings. The molecule has 0 unspecified atom stereocenters. The lowest BCUT2D eigenvalue weighted by atomic mass is 9.99. The van der Waals surface area contributed by atoms with Crippen LogP contribution in [0, 0.1) is 5.92 Å². The Balaban J connectivity index is 1.55. The molecule has 144 valence electrons. The lowest BCUT2D eigenvalue weighted by Gasteiger charge is -2.32. The van der Waals surface area contributed by atoms with Gasteiger partial charge in [0.15, 0.2) is 0 Å². The lowest BCUT2D eigenvalue weighted by molar-refractivity contribution is 0.0948. The van der Waals surface area contributed by atoms with E-state index in [1.165, 1.54) is 18.5 Å². The second kappa shape index (κ2) is 9.40. The average molecular weight is 367 g/mol. The summed E-state index contributed by atoms with van der Waals surface area (Å²) in [5.41, 5.74) is 3.63. The Kier molecular flexibility index (Phi) is 6.69. The van der Waals surface area contributed by atoms with Crippen LogP contribution in [-0.2, 0) is 0 Å². The molecule has 0 atom stereocenters. The summed E-state index contributed by atoms with van der Waals surface area (Å²) in [6, 6.07) is 12.2. The van der Waals surface area contributed by atoms with E-state index in [2.05, 4.69) is 58.6 Å². The quantitative estimate of drug-likeness (QED) is 0.704. The monoisotopic (exact) mass is 366 g/mol. The van der Waals surface area contributed by atoms with Crippen LogP contribution in [0.15, 0.2) is 42.6 Å². The van der Waals surface area contributed by atoms with Crippen LogP contribution >= 0.6 is 0 Å². The van der Waals surface area contributed by atoms with Crippen LogP contribution in [0.5, 0.6) is 0 Å². The highest BCUT2D eigenvalue weighted by Crippen LogP contribution is 2.25. The summed E-state index contributed by atoms with van der Waals surface area (Å²) >= 11 is 0. The summed E-state index contributed by atoms with van der Waals surface area (Å²) < 4.78 is 0. The van der Waals surface area contributed by atoms with Crippen molar-refractivity contribution in [3.8, 4) is 0 Å². The zero-order chi connectivity index (χ0) is 19.1. The minimum atomic E-state index is -0.116. The number of unbranched alkanes of at least 4 members (excludes halogenated alkanes) is 1. The van der Waals surface area contributed by atoms with Crippen LogP contribution in [0.1, 0.15) is 50.0 Å². The highest BCUT2D eigenvalue weighted by molar-refractivity contribution is 5.92. The minimum Gasteiger partial charge on any atom is -0.372 e. The maximum Gasteiger partial charge on any atom is 0.269 e. The number of nitrogens with one attached hydrogen (secondary N) is 2. The van der Waals surface area contributed by atoms with Gasteiger partial charge in [0.1, 0.15) is 5.69 Å². The van der Waals surface area contributed by atoms with Gasteiger partial charge >= 0.3 is 0 Å². The molecule has 1 aromatic heterocycles. The van der Waals surface area contributed by atoms with Gasteiger partial charge in [-0.1, -0.05) is 20.3 Å². The Morgan fingerprint density at radius 1 is 1.11 bits per heavy atom. The van der Waals surface area contributed by atoms with E-state index < -0.39 is 0 Å². The summed E-state index contributed by atoms with van der Waals surface area (Å²) in [5.74, 6) is 0.724. The fourth-order valence-electron chi connectivity index (χ4n) is 3.26. The molecule has 1 saturated heterocycles. The fourth-order valence-corrected chi connectivity index (χ4v) is 3.26. The number of carbonyl (C=O) groups is 1. The van der Waals surface area contributed by atoms with Gasteiger partial charge in [-0.2, -0.15) is 0 Å². The Morgan fingerprint density at radius 2 is 1.81 bits per heavy atom. The third-order valence-corrected chi connectivity index (χ3v) is 5.12. The van der Waals surface area contributed by atoms with E-state index in [4.69, 9.17) is 0 Å². The molecule has 27 heavy (non-hydrogen) atoms. The van der Waals surface area contributed by atoms with Crippen molar-refractivity contribution in [1.29, 1.82) is 0 Å². The van der Waals surface area contributed by atoms with Gasteiger partial charge < -0.3 is 15.5 Å². The molecule has 0 bridgehead atoms. The molecular weight excluding hydrogens is 336 g/mol. The van der Waals surface area contributed by atoms with Gasteiger partial charge in [-0.05, 0) is 61.6 Å². The van der Waals surface area contributed by atoms with Gasteiger partial charge in [0.25, 0.3) is 5.91 Å². The van der Waals surface area contributed by atoms with Gasteiger partial charge in [-0.15, -0.1) is 0 Å². The summed E-state index contributed by atoms with van der Waals surface area (Å²) in [6.07, 6.45) is 6.28. The van der Waals surface area contributed by atoms with Crippen LogP contribution in [0.3, 0.4) is 0 Å². The maximum atomic E-state index is 12.0. The molecule has 1 amide bonds. The molecule has 3 rings (SSSR count). The summed E-state index contributed by atoms with van der Waals surface area (Å²) in [7, 11) is 0. The van der Waals surface area contributed by atoms with Gasteiger partial charge in [-0.3, -0.25) is 4.79 Å². The van der Waals surface area contributed by atoms with Gasteiger partial charge in [0.2, 0.25) is 0 Å². The lowest BCUT2D eigenvalue weighted by Crippen LogP contribution is -2.32. The Hall–Kier alpha value is -2.56. The minimum absolute atomic E-state index is 0.116. The molecule has 1 aliphatic rings. The number of benzene rings is 1. The van der Waals surface area contributed by atoms with E-state index in [0.29, 0.717) is 12.2 Å². The van der Waals surface area contributed by atoms with Crippen molar-refractivity contribution in [2.24, 2.45) is 5.92 Å². The van der Waals surface area contributed by atoms with E-state index >= 15 is 0 Å². The third-order valence-electron chi connectivity index (χ3n) is 5.12. The first-order valence-electron chi connectivity index (χ1n) is 10.0. The standard InChI is InChI=1S/C22H30N4O/c1-3-4-13-23-22(27)21-10-7-19(16-24-21)25-18-5-8-20(9-6-18)26-14-11-17(2)12-15-26/h5-10,16-17,25H,3-4,11-15H2,1-2H3,(H,23,27). The smallest absolute Gasteiger partial charge is 0.269 e. The largest absolute Gasteiger partial charge is 0.372 e. The zero-order valence-corrected chi connectivity index (χ0v) is 16.4. The van der Waals surface area contributed by atoms with E-state index in [0.717, 1.165) is 43.2 Å². The number of anilines is 3. The molecule has 1 aromatic carbocycles.